The van der Waals surface area contributed by atoms with Gasteiger partial charge in [-0.05, 0) is 51.4 Å². The molecule has 9 nitrogen and oxygen atoms in total. The molecule has 0 N–H and O–H groups in total. The molecule has 89 heavy (non-hydrogen) atoms. The molecule has 0 fully saturated rings. The van der Waals surface area contributed by atoms with E-state index in [1.54, 1.807) is 0 Å². The number of carboxylic acid groups (broad SMARTS) is 1. The van der Waals surface area contributed by atoms with E-state index in [1.165, 1.54) is 295 Å². The van der Waals surface area contributed by atoms with Gasteiger partial charge in [-0.25, -0.2) is 0 Å². The van der Waals surface area contributed by atoms with Gasteiger partial charge in [-0.3, -0.25) is 9.59 Å². The van der Waals surface area contributed by atoms with E-state index in [2.05, 4.69) is 62.5 Å². The van der Waals surface area contributed by atoms with Gasteiger partial charge in [0.1, 0.15) is 13.2 Å². The number of carbonyl (C=O) groups excluding carboxylic acids is 3. The number of nitrogens with zero attached hydrogens (tertiary/aromatic N) is 1. The summed E-state index contributed by atoms with van der Waals surface area (Å²) in [6.07, 6.45) is 89.5. The number of rotatable bonds is 73. The molecule has 0 aromatic heterocycles. The van der Waals surface area contributed by atoms with Crippen LogP contribution in [0.5, 0.6) is 0 Å². The zero-order valence-electron chi connectivity index (χ0n) is 59.8. The number of carbonyl (C=O) groups is 3. The van der Waals surface area contributed by atoms with Gasteiger partial charge in [0.05, 0.1) is 40.3 Å². The van der Waals surface area contributed by atoms with Crippen molar-refractivity contribution in [1.82, 2.24) is 0 Å². The van der Waals surface area contributed by atoms with Gasteiger partial charge >= 0.3 is 11.9 Å². The minimum atomic E-state index is -1.62. The van der Waals surface area contributed by atoms with Gasteiger partial charge in [0, 0.05) is 12.8 Å². The average molecular weight is 1250 g/mol. The molecule has 0 amide bonds. The van der Waals surface area contributed by atoms with Crippen molar-refractivity contribution in [3.63, 3.8) is 0 Å². The number of unbranched alkanes of at least 4 members (excludes halogenated alkanes) is 50. The Hall–Kier alpha value is -2.75. The minimum absolute atomic E-state index is 0.151. The lowest BCUT2D eigenvalue weighted by atomic mass is 10.0. The Morgan fingerprint density at radius 2 is 0.640 bits per heavy atom. The molecular weight excluding hydrogens is 1100 g/mol. The molecule has 9 heteroatoms. The summed E-state index contributed by atoms with van der Waals surface area (Å²) in [6.45, 7) is 4.72. The molecule has 0 rings (SSSR count). The zero-order valence-corrected chi connectivity index (χ0v) is 59.8. The van der Waals surface area contributed by atoms with Crippen LogP contribution in [0.15, 0.2) is 48.6 Å². The monoisotopic (exact) mass is 1250 g/mol. The van der Waals surface area contributed by atoms with Crippen LogP contribution in [0, 0.1) is 0 Å². The number of aliphatic carboxylic acids is 1. The molecule has 0 aromatic rings. The van der Waals surface area contributed by atoms with Crippen molar-refractivity contribution in [2.75, 3.05) is 47.5 Å². The number of allylic oxidation sites excluding steroid dienone is 8. The summed E-state index contributed by atoms with van der Waals surface area (Å²) in [4.78, 5) is 37.6. The van der Waals surface area contributed by atoms with Gasteiger partial charge in [0.15, 0.2) is 12.4 Å². The number of esters is 2. The Morgan fingerprint density at radius 3 is 0.955 bits per heavy atom. The van der Waals surface area contributed by atoms with Crippen LogP contribution in [-0.2, 0) is 33.3 Å². The Labute approximate surface area is 553 Å². The summed E-state index contributed by atoms with van der Waals surface area (Å²) in [5.74, 6) is -2.25. The van der Waals surface area contributed by atoms with E-state index in [4.69, 9.17) is 18.9 Å². The van der Waals surface area contributed by atoms with Crippen molar-refractivity contribution in [1.29, 1.82) is 0 Å². The molecule has 0 heterocycles. The first-order chi connectivity index (χ1) is 43.6. The summed E-state index contributed by atoms with van der Waals surface area (Å²) in [5.41, 5.74) is 0. The molecule has 522 valence electrons. The third-order valence-corrected chi connectivity index (χ3v) is 17.6. The maximum absolute atomic E-state index is 13.0. The normalized spacial score (nSPS) is 12.9. The molecule has 2 unspecified atom stereocenters. The van der Waals surface area contributed by atoms with Gasteiger partial charge in [0.25, 0.3) is 0 Å². The van der Waals surface area contributed by atoms with Crippen LogP contribution in [-0.4, -0.2) is 82.3 Å². The Kier molecular flexibility index (Phi) is 68.9. The Morgan fingerprint density at radius 1 is 0.348 bits per heavy atom. The van der Waals surface area contributed by atoms with Crippen LogP contribution in [0.2, 0.25) is 0 Å². The summed E-state index contributed by atoms with van der Waals surface area (Å²) >= 11 is 0. The summed E-state index contributed by atoms with van der Waals surface area (Å²) in [5, 5.41) is 11.8. The van der Waals surface area contributed by atoms with Crippen LogP contribution in [0.3, 0.4) is 0 Å². The second kappa shape index (κ2) is 71.1. The number of hydrogen-bond acceptors (Lipinski definition) is 8. The standard InChI is InChI=1S/C80H149NO8/c1-6-8-10-12-14-16-18-20-22-24-26-28-30-32-34-35-36-37-38-39-40-41-42-43-45-47-49-51-53-55-57-59-61-63-65-67-69-71-78(83)89-76(75-88-80(79(84)85)86-73-72-81(3,4)5)74-87-77(82)70-68-66-64-62-60-58-56-54-52-50-48-46-44-33-31-29-27-25-23-21-19-17-15-13-11-9-7-2/h8,10,14,16,20,22,26,28,76,80H,6-7,9,11-13,15,17-19,21,23-25,27,29-75H2,1-5H3/b10-8-,16-14-,22-20-,28-26-. The number of carboxylic acids is 1. The van der Waals surface area contributed by atoms with Gasteiger partial charge in [-0.15, -0.1) is 0 Å². The summed E-state index contributed by atoms with van der Waals surface area (Å²) in [6, 6.07) is 0. The first kappa shape index (κ1) is 86.2. The van der Waals surface area contributed by atoms with E-state index in [0.717, 1.165) is 64.2 Å². The lowest BCUT2D eigenvalue weighted by Gasteiger charge is -2.26. The molecule has 0 aliphatic heterocycles. The third kappa shape index (κ3) is 72.5. The second-order valence-electron chi connectivity index (χ2n) is 27.6. The smallest absolute Gasteiger partial charge is 0.306 e. The molecule has 2 atom stereocenters. The number of ether oxygens (including phenoxy) is 4. The highest BCUT2D eigenvalue weighted by molar-refractivity contribution is 5.70. The predicted molar refractivity (Wildman–Crippen MR) is 380 cm³/mol. The molecule has 0 radical (unpaired) electrons. The van der Waals surface area contributed by atoms with Gasteiger partial charge in [-0.1, -0.05) is 371 Å². The lowest BCUT2D eigenvalue weighted by Crippen LogP contribution is -2.44. The van der Waals surface area contributed by atoms with E-state index in [-0.39, 0.29) is 32.2 Å². The molecule has 0 saturated carbocycles. The topological polar surface area (TPSA) is 111 Å². The van der Waals surface area contributed by atoms with E-state index in [1.807, 2.05) is 21.1 Å². The molecule has 0 spiro atoms. The highest BCUT2D eigenvalue weighted by atomic mass is 16.7. The quantitative estimate of drug-likeness (QED) is 0.0195. The van der Waals surface area contributed by atoms with Gasteiger partial charge in [0.2, 0.25) is 0 Å². The van der Waals surface area contributed by atoms with Crippen LogP contribution in [0.4, 0.5) is 0 Å². The summed E-state index contributed by atoms with van der Waals surface area (Å²) < 4.78 is 22.9. The van der Waals surface area contributed by atoms with Crippen LogP contribution < -0.4 is 5.11 Å². The molecule has 0 saturated heterocycles. The van der Waals surface area contributed by atoms with E-state index in [0.29, 0.717) is 17.4 Å². The van der Waals surface area contributed by atoms with Crippen LogP contribution in [0.1, 0.15) is 386 Å². The molecule has 0 bridgehead atoms. The highest BCUT2D eigenvalue weighted by Gasteiger charge is 2.22. The Balaban J connectivity index is 3.97. The van der Waals surface area contributed by atoms with Gasteiger partial charge < -0.3 is 33.3 Å². The predicted octanol–water partition coefficient (Wildman–Crippen LogP) is 23.1. The van der Waals surface area contributed by atoms with Crippen LogP contribution in [0.25, 0.3) is 0 Å². The fraction of sp³-hybridized carbons (Fsp3) is 0.863. The fourth-order valence-electron chi connectivity index (χ4n) is 11.7. The molecule has 0 aliphatic carbocycles. The van der Waals surface area contributed by atoms with Crippen molar-refractivity contribution in [3.05, 3.63) is 48.6 Å². The highest BCUT2D eigenvalue weighted by Crippen LogP contribution is 2.20. The first-order valence-corrected chi connectivity index (χ1v) is 38.8. The summed E-state index contributed by atoms with van der Waals surface area (Å²) in [7, 11) is 5.95. The van der Waals surface area contributed by atoms with E-state index < -0.39 is 24.3 Å². The van der Waals surface area contributed by atoms with Crippen molar-refractivity contribution in [3.8, 4) is 0 Å². The zero-order chi connectivity index (χ0) is 64.7. The maximum Gasteiger partial charge on any atom is 0.306 e. The molecule has 0 aromatic carbocycles. The molecular formula is C80H149NO8. The number of hydrogen-bond donors (Lipinski definition) is 0. The SMILES string of the molecule is CC/C=C\C/C=C\C/C=C\C/C=C\CCCCCCCCCCCCCCCCCCCCCCCCCCC(=O)OC(COC(=O)CCCCCCCCCCCCCCCCCCCCCCCCCCCCC)COC(OCC[N+](C)(C)C)C(=O)[O-]. The second-order valence-corrected chi connectivity index (χ2v) is 27.6. The van der Waals surface area contributed by atoms with Crippen molar-refractivity contribution >= 4 is 17.9 Å². The van der Waals surface area contributed by atoms with Crippen LogP contribution >= 0.6 is 0 Å². The maximum atomic E-state index is 13.0. The lowest BCUT2D eigenvalue weighted by molar-refractivity contribution is -0.870. The van der Waals surface area contributed by atoms with Crippen molar-refractivity contribution in [2.45, 2.75) is 399 Å². The third-order valence-electron chi connectivity index (χ3n) is 17.6. The largest absolute Gasteiger partial charge is 0.545 e. The minimum Gasteiger partial charge on any atom is -0.545 e. The Bertz CT molecular complexity index is 1600. The van der Waals surface area contributed by atoms with E-state index >= 15 is 0 Å². The fourth-order valence-corrected chi connectivity index (χ4v) is 11.7. The van der Waals surface area contributed by atoms with Crippen molar-refractivity contribution in [2.24, 2.45) is 0 Å². The van der Waals surface area contributed by atoms with E-state index in [9.17, 15) is 19.5 Å². The number of quaternary nitrogens is 1. The molecule has 0 aliphatic rings. The first-order valence-electron chi connectivity index (χ1n) is 38.8. The average Bonchev–Trinajstić information content (AvgIpc) is 3.70. The van der Waals surface area contributed by atoms with Gasteiger partial charge in [-0.2, -0.15) is 0 Å². The van der Waals surface area contributed by atoms with Crippen molar-refractivity contribution < 1.29 is 42.9 Å². The number of likely N-dealkylation sites (N-methyl/N-ethyl adjacent to an activating group) is 1.